The van der Waals surface area contributed by atoms with Crippen LogP contribution in [-0.2, 0) is 4.74 Å². The van der Waals surface area contributed by atoms with Gasteiger partial charge in [-0.3, -0.25) is 0 Å². The van der Waals surface area contributed by atoms with Crippen molar-refractivity contribution in [1.29, 1.82) is 0 Å². The first-order valence-corrected chi connectivity index (χ1v) is 6.83. The van der Waals surface area contributed by atoms with E-state index in [1.54, 1.807) is 7.11 Å². The van der Waals surface area contributed by atoms with Gasteiger partial charge in [0.05, 0.1) is 5.69 Å². The van der Waals surface area contributed by atoms with Crippen molar-refractivity contribution in [2.75, 3.05) is 13.9 Å². The molecule has 2 heterocycles. The van der Waals surface area contributed by atoms with Crippen LogP contribution in [0.5, 0.6) is 5.88 Å². The third-order valence-electron chi connectivity index (χ3n) is 2.84. The molecule has 19 heavy (non-hydrogen) atoms. The monoisotopic (exact) mass is 294 g/mol. The Balaban J connectivity index is 2.35. The van der Waals surface area contributed by atoms with Gasteiger partial charge in [-0.25, -0.2) is 4.98 Å². The van der Waals surface area contributed by atoms with Crippen LogP contribution >= 0.6 is 23.1 Å². The molecule has 0 aliphatic heterocycles. The van der Waals surface area contributed by atoms with E-state index < -0.39 is 0 Å². The predicted molar refractivity (Wildman–Crippen MR) is 77.2 cm³/mol. The number of halogens is 1. The highest BCUT2D eigenvalue weighted by Crippen LogP contribution is 2.35. The van der Waals surface area contributed by atoms with Gasteiger partial charge in [-0.15, -0.1) is 0 Å². The van der Waals surface area contributed by atoms with E-state index in [9.17, 15) is 0 Å². The summed E-state index contributed by atoms with van der Waals surface area (Å²) in [5.41, 5.74) is 0.970. The number of methoxy groups -OCH3 is 1. The quantitative estimate of drug-likeness (QED) is 0.689. The molecule has 6 heteroatoms. The SMILES string of the molecule is COCOc1nc2snc(C)c2c2ccc(Cl)cc12. The second kappa shape index (κ2) is 4.92. The molecule has 2 aromatic heterocycles. The maximum atomic E-state index is 6.06. The standard InChI is InChI=1S/C13H11ClN2O2S/c1-7-11-9-4-3-8(14)5-10(9)12(18-6-17-2)15-13(11)19-16-7/h3-5H,6H2,1-2H3. The molecule has 0 saturated carbocycles. The summed E-state index contributed by atoms with van der Waals surface area (Å²) in [4.78, 5) is 5.36. The third-order valence-corrected chi connectivity index (χ3v) is 3.91. The zero-order valence-corrected chi connectivity index (χ0v) is 12.0. The van der Waals surface area contributed by atoms with Crippen molar-refractivity contribution >= 4 is 44.1 Å². The molecule has 4 nitrogen and oxygen atoms in total. The number of benzene rings is 1. The lowest BCUT2D eigenvalue weighted by Crippen LogP contribution is -2.01. The van der Waals surface area contributed by atoms with E-state index in [0.29, 0.717) is 10.9 Å². The van der Waals surface area contributed by atoms with E-state index in [-0.39, 0.29) is 6.79 Å². The normalized spacial score (nSPS) is 11.3. The molecule has 0 unspecified atom stereocenters. The van der Waals surface area contributed by atoms with Gasteiger partial charge < -0.3 is 9.47 Å². The smallest absolute Gasteiger partial charge is 0.224 e. The van der Waals surface area contributed by atoms with Gasteiger partial charge in [0.15, 0.2) is 6.79 Å². The molecule has 1 aromatic carbocycles. The van der Waals surface area contributed by atoms with E-state index in [4.69, 9.17) is 21.1 Å². The van der Waals surface area contributed by atoms with E-state index in [0.717, 1.165) is 26.7 Å². The van der Waals surface area contributed by atoms with E-state index >= 15 is 0 Å². The molecule has 3 aromatic rings. The minimum Gasteiger partial charge on any atom is -0.450 e. The lowest BCUT2D eigenvalue weighted by molar-refractivity contribution is 0.0493. The molecule has 0 radical (unpaired) electrons. The van der Waals surface area contributed by atoms with Crippen LogP contribution < -0.4 is 4.74 Å². The Hall–Kier alpha value is -1.43. The number of aromatic nitrogens is 2. The zero-order chi connectivity index (χ0) is 13.4. The summed E-state index contributed by atoms with van der Waals surface area (Å²) in [6, 6.07) is 5.69. The highest BCUT2D eigenvalue weighted by Gasteiger charge is 2.14. The lowest BCUT2D eigenvalue weighted by atomic mass is 10.1. The number of nitrogens with zero attached hydrogens (tertiary/aromatic N) is 2. The summed E-state index contributed by atoms with van der Waals surface area (Å²) in [7, 11) is 1.57. The number of aryl methyl sites for hydroxylation is 1. The highest BCUT2D eigenvalue weighted by atomic mass is 35.5. The Morgan fingerprint density at radius 1 is 1.32 bits per heavy atom. The van der Waals surface area contributed by atoms with Gasteiger partial charge in [-0.05, 0) is 36.0 Å². The van der Waals surface area contributed by atoms with Crippen LogP contribution in [0.2, 0.25) is 5.02 Å². The Kier molecular flexibility index (Phi) is 3.26. The van der Waals surface area contributed by atoms with Crippen molar-refractivity contribution < 1.29 is 9.47 Å². The fourth-order valence-corrected chi connectivity index (χ4v) is 2.99. The Morgan fingerprint density at radius 3 is 2.95 bits per heavy atom. The average Bonchev–Trinajstić information content (AvgIpc) is 2.77. The third kappa shape index (κ3) is 2.14. The fraction of sp³-hybridized carbons (Fsp3) is 0.231. The summed E-state index contributed by atoms with van der Waals surface area (Å²) >= 11 is 7.43. The van der Waals surface area contributed by atoms with Gasteiger partial charge in [0.1, 0.15) is 4.83 Å². The Morgan fingerprint density at radius 2 is 2.16 bits per heavy atom. The number of rotatable bonds is 3. The zero-order valence-electron chi connectivity index (χ0n) is 10.4. The Bertz CT molecular complexity index is 757. The van der Waals surface area contributed by atoms with Crippen LogP contribution in [0.25, 0.3) is 21.0 Å². The van der Waals surface area contributed by atoms with Gasteiger partial charge in [0.2, 0.25) is 5.88 Å². The molecule has 0 bridgehead atoms. The molecule has 0 N–H and O–H groups in total. The second-order valence-corrected chi connectivity index (χ2v) is 5.29. The molecule has 0 spiro atoms. The molecule has 0 fully saturated rings. The lowest BCUT2D eigenvalue weighted by Gasteiger charge is -2.08. The number of ether oxygens (including phenoxy) is 2. The van der Waals surface area contributed by atoms with Gasteiger partial charge in [-0.1, -0.05) is 17.7 Å². The number of pyridine rings is 1. The fourth-order valence-electron chi connectivity index (χ4n) is 2.03. The summed E-state index contributed by atoms with van der Waals surface area (Å²) in [6.45, 7) is 2.13. The van der Waals surface area contributed by atoms with Crippen molar-refractivity contribution in [3.63, 3.8) is 0 Å². The molecule has 0 saturated heterocycles. The maximum absolute atomic E-state index is 6.06. The molecule has 3 rings (SSSR count). The minimum atomic E-state index is 0.151. The van der Waals surface area contributed by atoms with Crippen LogP contribution in [0.4, 0.5) is 0 Å². The number of fused-ring (bicyclic) bond motifs is 3. The van der Waals surface area contributed by atoms with Crippen LogP contribution in [0.1, 0.15) is 5.69 Å². The maximum Gasteiger partial charge on any atom is 0.224 e. The van der Waals surface area contributed by atoms with Crippen molar-refractivity contribution in [2.24, 2.45) is 0 Å². The summed E-state index contributed by atoms with van der Waals surface area (Å²) < 4.78 is 14.8. The molecular weight excluding hydrogens is 284 g/mol. The molecule has 0 amide bonds. The number of hydrogen-bond donors (Lipinski definition) is 0. The first kappa shape index (κ1) is 12.6. The van der Waals surface area contributed by atoms with Crippen molar-refractivity contribution in [2.45, 2.75) is 6.92 Å². The first-order valence-electron chi connectivity index (χ1n) is 5.67. The van der Waals surface area contributed by atoms with Crippen molar-refractivity contribution in [1.82, 2.24) is 9.36 Å². The largest absolute Gasteiger partial charge is 0.450 e. The molecule has 0 atom stereocenters. The van der Waals surface area contributed by atoms with Crippen LogP contribution in [0.15, 0.2) is 18.2 Å². The summed E-state index contributed by atoms with van der Waals surface area (Å²) in [5, 5.41) is 3.63. The first-order chi connectivity index (χ1) is 9.20. The van der Waals surface area contributed by atoms with Crippen LogP contribution in [-0.4, -0.2) is 23.3 Å². The molecule has 0 aliphatic rings. The van der Waals surface area contributed by atoms with Gasteiger partial charge >= 0.3 is 0 Å². The topological polar surface area (TPSA) is 44.2 Å². The van der Waals surface area contributed by atoms with E-state index in [1.807, 2.05) is 25.1 Å². The van der Waals surface area contributed by atoms with Gasteiger partial charge in [0, 0.05) is 22.9 Å². The molecule has 98 valence electrons. The second-order valence-electron chi connectivity index (χ2n) is 4.11. The van der Waals surface area contributed by atoms with Crippen molar-refractivity contribution in [3.8, 4) is 5.88 Å². The van der Waals surface area contributed by atoms with E-state index in [1.165, 1.54) is 11.5 Å². The molecular formula is C13H11ClN2O2S. The van der Waals surface area contributed by atoms with Gasteiger partial charge in [-0.2, -0.15) is 4.37 Å². The predicted octanol–water partition coefficient (Wildman–Crippen LogP) is 3.79. The van der Waals surface area contributed by atoms with Crippen molar-refractivity contribution in [3.05, 3.63) is 28.9 Å². The number of hydrogen-bond acceptors (Lipinski definition) is 5. The van der Waals surface area contributed by atoms with E-state index in [2.05, 4.69) is 9.36 Å². The minimum absolute atomic E-state index is 0.151. The van der Waals surface area contributed by atoms with Crippen LogP contribution in [0.3, 0.4) is 0 Å². The highest BCUT2D eigenvalue weighted by molar-refractivity contribution is 7.13. The van der Waals surface area contributed by atoms with Crippen LogP contribution in [0, 0.1) is 6.92 Å². The Labute approximate surface area is 119 Å². The summed E-state index contributed by atoms with van der Waals surface area (Å²) in [5.74, 6) is 0.524. The molecule has 0 aliphatic carbocycles. The summed E-state index contributed by atoms with van der Waals surface area (Å²) in [6.07, 6.45) is 0. The van der Waals surface area contributed by atoms with Gasteiger partial charge in [0.25, 0.3) is 0 Å². The average molecular weight is 295 g/mol.